The number of nitrogens with zero attached hydrogens (tertiary/aromatic N) is 4. The highest BCUT2D eigenvalue weighted by Gasteiger charge is 2.14. The van der Waals surface area contributed by atoms with Gasteiger partial charge < -0.3 is 21.2 Å². The van der Waals surface area contributed by atoms with Crippen molar-refractivity contribution in [3.05, 3.63) is 71.2 Å². The molecule has 0 atom stereocenters. The fraction of sp³-hybridized carbons (Fsp3) is 0.240. The first kappa shape index (κ1) is 23.1. The molecule has 4 aromatic rings. The second-order valence-electron chi connectivity index (χ2n) is 8.38. The van der Waals surface area contributed by atoms with Crippen molar-refractivity contribution in [2.75, 3.05) is 39.7 Å². The quantitative estimate of drug-likeness (QED) is 0.138. The Kier molecular flexibility index (Phi) is 7.10. The summed E-state index contributed by atoms with van der Waals surface area (Å²) in [4.78, 5) is 6.58. The zero-order valence-corrected chi connectivity index (χ0v) is 21.3. The predicted molar refractivity (Wildman–Crippen MR) is 149 cm³/mol. The minimum absolute atomic E-state index is 0.652. The van der Waals surface area contributed by atoms with Crippen LogP contribution in [-0.2, 0) is 0 Å². The SMILES string of the molecule is Cc1cc(NNc2ccc(NNc3ccc(N4CCCC4)s3)cc2C)ccc1/N=N/c1nccs1. The van der Waals surface area contributed by atoms with Gasteiger partial charge in [-0.05, 0) is 86.3 Å². The fourth-order valence-corrected chi connectivity index (χ4v) is 5.23. The van der Waals surface area contributed by atoms with Gasteiger partial charge >= 0.3 is 0 Å². The minimum atomic E-state index is 0.652. The van der Waals surface area contributed by atoms with E-state index in [9.17, 15) is 0 Å². The van der Waals surface area contributed by atoms with Gasteiger partial charge in [-0.2, -0.15) is 0 Å². The molecular formula is C25H28N8S2. The maximum Gasteiger partial charge on any atom is 0.229 e. The first-order valence-electron chi connectivity index (χ1n) is 11.6. The van der Waals surface area contributed by atoms with Crippen LogP contribution in [0, 0.1) is 13.8 Å². The first-order chi connectivity index (χ1) is 17.1. The lowest BCUT2D eigenvalue weighted by Crippen LogP contribution is -2.15. The van der Waals surface area contributed by atoms with Gasteiger partial charge in [-0.3, -0.25) is 5.43 Å². The smallest absolute Gasteiger partial charge is 0.229 e. The number of rotatable bonds is 9. The molecule has 1 fully saturated rings. The Morgan fingerprint density at radius 1 is 0.829 bits per heavy atom. The highest BCUT2D eigenvalue weighted by molar-refractivity contribution is 7.20. The van der Waals surface area contributed by atoms with Gasteiger partial charge in [0.1, 0.15) is 5.00 Å². The van der Waals surface area contributed by atoms with Gasteiger partial charge in [0.25, 0.3) is 0 Å². The van der Waals surface area contributed by atoms with Gasteiger partial charge in [0.15, 0.2) is 0 Å². The van der Waals surface area contributed by atoms with Crippen molar-refractivity contribution in [2.24, 2.45) is 10.2 Å². The summed E-state index contributed by atoms with van der Waals surface area (Å²) in [5, 5.41) is 13.5. The average molecular weight is 505 g/mol. The molecule has 2 aromatic carbocycles. The van der Waals surface area contributed by atoms with Crippen molar-refractivity contribution in [1.29, 1.82) is 0 Å². The fourth-order valence-electron chi connectivity index (χ4n) is 3.86. The summed E-state index contributed by atoms with van der Waals surface area (Å²) in [7, 11) is 0. The van der Waals surface area contributed by atoms with Crippen molar-refractivity contribution in [3.8, 4) is 0 Å². The highest BCUT2D eigenvalue weighted by Crippen LogP contribution is 2.32. The Labute approximate surface area is 213 Å². The Hall–Kier alpha value is -3.63. The third kappa shape index (κ3) is 5.90. The van der Waals surface area contributed by atoms with Gasteiger partial charge in [-0.25, -0.2) is 4.98 Å². The van der Waals surface area contributed by atoms with E-state index in [4.69, 9.17) is 0 Å². The number of anilines is 5. The van der Waals surface area contributed by atoms with Crippen molar-refractivity contribution >= 4 is 60.6 Å². The Bertz CT molecular complexity index is 1290. The summed E-state index contributed by atoms with van der Waals surface area (Å²) in [6.07, 6.45) is 4.30. The van der Waals surface area contributed by atoms with Crippen LogP contribution in [0.4, 0.5) is 37.9 Å². The van der Waals surface area contributed by atoms with Crippen LogP contribution in [0.3, 0.4) is 0 Å². The van der Waals surface area contributed by atoms with E-state index in [0.717, 1.165) is 52.0 Å². The van der Waals surface area contributed by atoms with Gasteiger partial charge in [-0.15, -0.1) is 21.6 Å². The van der Waals surface area contributed by atoms with Crippen LogP contribution in [0.15, 0.2) is 70.3 Å². The average Bonchev–Trinajstić information content (AvgIpc) is 3.64. The summed E-state index contributed by atoms with van der Waals surface area (Å²) in [5.74, 6) is 0. The lowest BCUT2D eigenvalue weighted by Gasteiger charge is -2.15. The van der Waals surface area contributed by atoms with Gasteiger partial charge in [0, 0.05) is 24.7 Å². The molecule has 0 spiro atoms. The van der Waals surface area contributed by atoms with Crippen molar-refractivity contribution < 1.29 is 0 Å². The number of hydrogen-bond donors (Lipinski definition) is 4. The molecule has 5 rings (SSSR count). The second-order valence-corrected chi connectivity index (χ2v) is 10.3. The third-order valence-corrected chi connectivity index (χ3v) is 7.48. The normalized spacial score (nSPS) is 13.4. The van der Waals surface area contributed by atoms with Crippen LogP contribution in [0.5, 0.6) is 0 Å². The van der Waals surface area contributed by atoms with Crippen LogP contribution in [0.1, 0.15) is 24.0 Å². The summed E-state index contributed by atoms with van der Waals surface area (Å²) >= 11 is 3.24. The molecule has 3 heterocycles. The number of thiazole rings is 1. The molecular weight excluding hydrogens is 476 g/mol. The molecule has 0 radical (unpaired) electrons. The number of benzene rings is 2. The number of azo groups is 1. The Balaban J connectivity index is 1.14. The number of nitrogens with one attached hydrogen (secondary N) is 4. The molecule has 0 amide bonds. The molecule has 2 aromatic heterocycles. The standard InChI is InChI=1S/C25H28N8S2/c1-17-16-20(28-31-23-9-10-24(35-23)33-12-3-4-13-33)6-7-21(17)29-27-19-5-8-22(18(2)15-19)30-32-25-26-11-14-34-25/h5-11,14-16,27-29,31H,3-4,12-13H2,1-2H3/b32-30+. The van der Waals surface area contributed by atoms with Gasteiger partial charge in [0.2, 0.25) is 5.13 Å². The lowest BCUT2D eigenvalue weighted by molar-refractivity contribution is 0.949. The van der Waals surface area contributed by atoms with Crippen LogP contribution in [-0.4, -0.2) is 18.1 Å². The Morgan fingerprint density at radius 2 is 1.60 bits per heavy atom. The minimum Gasteiger partial charge on any atom is -0.363 e. The van der Waals surface area contributed by atoms with Crippen LogP contribution < -0.4 is 26.6 Å². The van der Waals surface area contributed by atoms with Gasteiger partial charge in [-0.1, -0.05) is 11.3 Å². The molecule has 180 valence electrons. The zero-order valence-electron chi connectivity index (χ0n) is 19.7. The largest absolute Gasteiger partial charge is 0.363 e. The van der Waals surface area contributed by atoms with Crippen molar-refractivity contribution in [1.82, 2.24) is 4.98 Å². The van der Waals surface area contributed by atoms with Crippen LogP contribution >= 0.6 is 22.7 Å². The summed E-state index contributed by atoms with van der Waals surface area (Å²) < 4.78 is 0. The molecule has 1 saturated heterocycles. The van der Waals surface area contributed by atoms with E-state index in [2.05, 4.69) is 73.0 Å². The second kappa shape index (κ2) is 10.7. The monoisotopic (exact) mass is 504 g/mol. The van der Waals surface area contributed by atoms with E-state index in [0.29, 0.717) is 5.13 Å². The van der Waals surface area contributed by atoms with Crippen molar-refractivity contribution in [2.45, 2.75) is 26.7 Å². The molecule has 0 aliphatic carbocycles. The number of hydrazine groups is 2. The van der Waals surface area contributed by atoms with E-state index in [1.807, 2.05) is 36.6 Å². The summed E-state index contributed by atoms with van der Waals surface area (Å²) in [5.41, 5.74) is 19.2. The highest BCUT2D eigenvalue weighted by atomic mass is 32.1. The topological polar surface area (TPSA) is 89.0 Å². The molecule has 0 unspecified atom stereocenters. The first-order valence-corrected chi connectivity index (χ1v) is 13.2. The number of thiophene rings is 1. The summed E-state index contributed by atoms with van der Waals surface area (Å²) in [6, 6.07) is 16.5. The van der Waals surface area contributed by atoms with Crippen LogP contribution in [0.2, 0.25) is 0 Å². The maximum atomic E-state index is 4.30. The Morgan fingerprint density at radius 3 is 2.34 bits per heavy atom. The van der Waals surface area contributed by atoms with E-state index in [1.165, 1.54) is 29.2 Å². The maximum absolute atomic E-state index is 4.30. The molecule has 1 aliphatic rings. The molecule has 0 saturated carbocycles. The molecule has 10 heteroatoms. The third-order valence-electron chi connectivity index (χ3n) is 5.77. The van der Waals surface area contributed by atoms with Crippen LogP contribution in [0.25, 0.3) is 0 Å². The van der Waals surface area contributed by atoms with Crippen molar-refractivity contribution in [3.63, 3.8) is 0 Å². The molecule has 35 heavy (non-hydrogen) atoms. The predicted octanol–water partition coefficient (Wildman–Crippen LogP) is 7.72. The van der Waals surface area contributed by atoms with E-state index >= 15 is 0 Å². The zero-order chi connectivity index (χ0) is 24.0. The van der Waals surface area contributed by atoms with E-state index < -0.39 is 0 Å². The molecule has 0 bridgehead atoms. The van der Waals surface area contributed by atoms with E-state index in [-0.39, 0.29) is 0 Å². The number of aryl methyl sites for hydroxylation is 2. The number of hydrogen-bond acceptors (Lipinski definition) is 10. The molecule has 1 aliphatic heterocycles. The van der Waals surface area contributed by atoms with E-state index in [1.54, 1.807) is 17.5 Å². The number of aromatic nitrogens is 1. The summed E-state index contributed by atoms with van der Waals surface area (Å²) in [6.45, 7) is 6.43. The lowest BCUT2D eigenvalue weighted by atomic mass is 10.2. The molecule has 4 N–H and O–H groups in total. The van der Waals surface area contributed by atoms with Gasteiger partial charge in [0.05, 0.1) is 27.8 Å². The molecule has 8 nitrogen and oxygen atoms in total.